The number of nitrogens with two attached hydrogens (primary N) is 1. The van der Waals surface area contributed by atoms with E-state index in [0.717, 1.165) is 30.8 Å². The van der Waals surface area contributed by atoms with Crippen molar-refractivity contribution < 1.29 is 4.79 Å². The van der Waals surface area contributed by atoms with Crippen LogP contribution in [0.1, 0.15) is 31.7 Å². The van der Waals surface area contributed by atoms with Gasteiger partial charge in [0.1, 0.15) is 4.99 Å². The highest BCUT2D eigenvalue weighted by Crippen LogP contribution is 2.11. The summed E-state index contributed by atoms with van der Waals surface area (Å²) in [6, 6.07) is 7.29. The van der Waals surface area contributed by atoms with Gasteiger partial charge in [-0.1, -0.05) is 37.7 Å². The molecular weight excluding hydrogens is 270 g/mol. The zero-order valence-corrected chi connectivity index (χ0v) is 13.0. The van der Waals surface area contributed by atoms with Crippen molar-refractivity contribution in [3.8, 4) is 0 Å². The summed E-state index contributed by atoms with van der Waals surface area (Å²) in [4.78, 5) is 14.4. The van der Waals surface area contributed by atoms with Gasteiger partial charge in [-0.25, -0.2) is 0 Å². The van der Waals surface area contributed by atoms with Gasteiger partial charge in [-0.2, -0.15) is 0 Å². The summed E-state index contributed by atoms with van der Waals surface area (Å²) in [5, 5.41) is 2.87. The number of rotatable bonds is 8. The van der Waals surface area contributed by atoms with Gasteiger partial charge < -0.3 is 16.0 Å². The zero-order valence-electron chi connectivity index (χ0n) is 12.2. The molecule has 0 aromatic heterocycles. The monoisotopic (exact) mass is 293 g/mol. The molecular formula is C15H23N3OS. The number of hydrogen-bond acceptors (Lipinski definition) is 3. The molecule has 110 valence electrons. The number of amides is 1. The number of carbonyl (C=O) groups is 1. The number of nitrogens with zero attached hydrogens (tertiary/aromatic N) is 1. The SMILES string of the molecule is CCCCN(C)CCC(=O)Nc1cccc(C(N)=S)c1. The van der Waals surface area contributed by atoms with Crippen LogP contribution in [0.4, 0.5) is 5.69 Å². The predicted octanol–water partition coefficient (Wildman–Crippen LogP) is 2.38. The van der Waals surface area contributed by atoms with Crippen molar-refractivity contribution in [1.82, 2.24) is 4.90 Å². The molecule has 1 rings (SSSR count). The summed E-state index contributed by atoms with van der Waals surface area (Å²) >= 11 is 4.92. The van der Waals surface area contributed by atoms with Crippen molar-refractivity contribution in [1.29, 1.82) is 0 Å². The maximum Gasteiger partial charge on any atom is 0.225 e. The van der Waals surface area contributed by atoms with Crippen LogP contribution in [-0.2, 0) is 4.79 Å². The van der Waals surface area contributed by atoms with E-state index in [1.54, 1.807) is 6.07 Å². The van der Waals surface area contributed by atoms with E-state index in [4.69, 9.17) is 18.0 Å². The molecule has 0 unspecified atom stereocenters. The van der Waals surface area contributed by atoms with Crippen LogP contribution in [0.15, 0.2) is 24.3 Å². The van der Waals surface area contributed by atoms with E-state index in [-0.39, 0.29) is 5.91 Å². The largest absolute Gasteiger partial charge is 0.389 e. The maximum atomic E-state index is 11.9. The first-order chi connectivity index (χ1) is 9.52. The lowest BCUT2D eigenvalue weighted by Gasteiger charge is -2.15. The molecule has 0 saturated carbocycles. The molecule has 20 heavy (non-hydrogen) atoms. The van der Waals surface area contributed by atoms with Crippen molar-refractivity contribution in [2.75, 3.05) is 25.5 Å². The Balaban J connectivity index is 2.42. The smallest absolute Gasteiger partial charge is 0.225 e. The van der Waals surface area contributed by atoms with E-state index < -0.39 is 0 Å². The Morgan fingerprint density at radius 3 is 2.80 bits per heavy atom. The number of unbranched alkanes of at least 4 members (excludes halogenated alkanes) is 1. The first kappa shape index (κ1) is 16.6. The zero-order chi connectivity index (χ0) is 15.0. The van der Waals surface area contributed by atoms with Gasteiger partial charge in [0.25, 0.3) is 0 Å². The molecule has 1 aromatic rings. The van der Waals surface area contributed by atoms with Crippen LogP contribution in [-0.4, -0.2) is 35.9 Å². The first-order valence-corrected chi connectivity index (χ1v) is 7.32. The number of anilines is 1. The average Bonchev–Trinajstić information content (AvgIpc) is 2.43. The van der Waals surface area contributed by atoms with Gasteiger partial charge in [-0.3, -0.25) is 4.79 Å². The highest BCUT2D eigenvalue weighted by Gasteiger charge is 2.06. The van der Waals surface area contributed by atoms with E-state index in [1.807, 2.05) is 25.2 Å². The van der Waals surface area contributed by atoms with E-state index in [9.17, 15) is 4.79 Å². The summed E-state index contributed by atoms with van der Waals surface area (Å²) in [5.74, 6) is 0.00781. The lowest BCUT2D eigenvalue weighted by Crippen LogP contribution is -2.25. The normalized spacial score (nSPS) is 10.6. The van der Waals surface area contributed by atoms with Gasteiger partial charge in [-0.05, 0) is 32.1 Å². The third-order valence-electron chi connectivity index (χ3n) is 3.04. The number of thiocarbonyl (C=S) groups is 1. The van der Waals surface area contributed by atoms with Crippen LogP contribution in [0.2, 0.25) is 0 Å². The van der Waals surface area contributed by atoms with Gasteiger partial charge in [0.2, 0.25) is 5.91 Å². The molecule has 1 aromatic carbocycles. The molecule has 0 heterocycles. The Morgan fingerprint density at radius 1 is 1.40 bits per heavy atom. The number of nitrogens with one attached hydrogen (secondary N) is 1. The quantitative estimate of drug-likeness (QED) is 0.723. The molecule has 0 bridgehead atoms. The van der Waals surface area contributed by atoms with E-state index in [2.05, 4.69) is 17.1 Å². The van der Waals surface area contributed by atoms with Crippen LogP contribution in [0.5, 0.6) is 0 Å². The van der Waals surface area contributed by atoms with Crippen LogP contribution >= 0.6 is 12.2 Å². The van der Waals surface area contributed by atoms with Crippen molar-refractivity contribution >= 4 is 28.8 Å². The number of carbonyl (C=O) groups excluding carboxylic acids is 1. The summed E-state index contributed by atoms with van der Waals surface area (Å²) in [7, 11) is 2.04. The predicted molar refractivity (Wildman–Crippen MR) is 88.0 cm³/mol. The third-order valence-corrected chi connectivity index (χ3v) is 3.28. The lowest BCUT2D eigenvalue weighted by molar-refractivity contribution is -0.116. The van der Waals surface area contributed by atoms with Crippen LogP contribution < -0.4 is 11.1 Å². The molecule has 0 aliphatic rings. The molecule has 4 nitrogen and oxygen atoms in total. The Kier molecular flexibility index (Phi) is 7.18. The average molecular weight is 293 g/mol. The minimum absolute atomic E-state index is 0.00781. The topological polar surface area (TPSA) is 58.4 Å². The molecule has 0 atom stereocenters. The molecule has 0 aliphatic carbocycles. The van der Waals surface area contributed by atoms with E-state index in [0.29, 0.717) is 11.4 Å². The van der Waals surface area contributed by atoms with Gasteiger partial charge in [0.05, 0.1) is 0 Å². The van der Waals surface area contributed by atoms with Gasteiger partial charge >= 0.3 is 0 Å². The molecule has 5 heteroatoms. The van der Waals surface area contributed by atoms with Crippen LogP contribution in [0.25, 0.3) is 0 Å². The molecule has 0 fully saturated rings. The maximum absolute atomic E-state index is 11.9. The van der Waals surface area contributed by atoms with Gasteiger partial charge in [-0.15, -0.1) is 0 Å². The highest BCUT2D eigenvalue weighted by atomic mass is 32.1. The van der Waals surface area contributed by atoms with Crippen molar-refractivity contribution in [3.63, 3.8) is 0 Å². The highest BCUT2D eigenvalue weighted by molar-refractivity contribution is 7.80. The second-order valence-electron chi connectivity index (χ2n) is 4.90. The fourth-order valence-corrected chi connectivity index (χ4v) is 1.93. The first-order valence-electron chi connectivity index (χ1n) is 6.91. The van der Waals surface area contributed by atoms with E-state index >= 15 is 0 Å². The summed E-state index contributed by atoms with van der Waals surface area (Å²) in [5.41, 5.74) is 7.07. The minimum Gasteiger partial charge on any atom is -0.389 e. The summed E-state index contributed by atoms with van der Waals surface area (Å²) in [6.45, 7) is 3.96. The fourth-order valence-electron chi connectivity index (χ4n) is 1.81. The number of benzene rings is 1. The van der Waals surface area contributed by atoms with Crippen LogP contribution in [0.3, 0.4) is 0 Å². The van der Waals surface area contributed by atoms with Gasteiger partial charge in [0.15, 0.2) is 0 Å². The lowest BCUT2D eigenvalue weighted by atomic mass is 10.2. The Labute approximate surface area is 126 Å². The molecule has 0 spiro atoms. The van der Waals surface area contributed by atoms with Crippen molar-refractivity contribution in [2.24, 2.45) is 5.73 Å². The molecule has 0 radical (unpaired) electrons. The third kappa shape index (κ3) is 6.12. The summed E-state index contributed by atoms with van der Waals surface area (Å²) < 4.78 is 0. The minimum atomic E-state index is 0.00781. The second-order valence-corrected chi connectivity index (χ2v) is 5.34. The molecule has 1 amide bonds. The van der Waals surface area contributed by atoms with Crippen molar-refractivity contribution in [2.45, 2.75) is 26.2 Å². The van der Waals surface area contributed by atoms with Crippen LogP contribution in [0, 0.1) is 0 Å². The molecule has 0 aliphatic heterocycles. The number of hydrogen-bond donors (Lipinski definition) is 2. The fraction of sp³-hybridized carbons (Fsp3) is 0.467. The molecule has 0 saturated heterocycles. The van der Waals surface area contributed by atoms with Crippen molar-refractivity contribution in [3.05, 3.63) is 29.8 Å². The Hall–Kier alpha value is -1.46. The van der Waals surface area contributed by atoms with E-state index in [1.165, 1.54) is 6.42 Å². The standard InChI is InChI=1S/C15H23N3OS/c1-3-4-9-18(2)10-8-14(19)17-13-7-5-6-12(11-13)15(16)20/h5-7,11H,3-4,8-10H2,1-2H3,(H2,16,20)(H,17,19). The molecule has 3 N–H and O–H groups in total. The Morgan fingerprint density at radius 2 is 2.15 bits per heavy atom. The Bertz CT molecular complexity index is 462. The summed E-state index contributed by atoms with van der Waals surface area (Å²) in [6.07, 6.45) is 2.81. The van der Waals surface area contributed by atoms with Gasteiger partial charge in [0, 0.05) is 24.2 Å². The second kappa shape index (κ2) is 8.66.